The number of ether oxygens (including phenoxy) is 1. The van der Waals surface area contributed by atoms with Crippen molar-refractivity contribution < 1.29 is 4.74 Å². The predicted octanol–water partition coefficient (Wildman–Crippen LogP) is 2.09. The fourth-order valence-corrected chi connectivity index (χ4v) is 3.88. The van der Waals surface area contributed by atoms with Crippen molar-refractivity contribution in [1.29, 1.82) is 0 Å². The number of fused-ring (bicyclic) bond motifs is 1. The molecule has 0 unspecified atom stereocenters. The second-order valence-electron chi connectivity index (χ2n) is 7.99. The molecule has 0 atom stereocenters. The standard InChI is InChI=1S/C23H28N6O3/c1-6-32-12-11-27-19-20(24-22(27)29-17(4)13-16(3)25-29)26(5)23(31)28(21(19)30)14-18-9-7-15(2)8-10-18/h7-10,13H,6,11-12,14H2,1-5H3. The Bertz CT molecular complexity index is 1390. The summed E-state index contributed by atoms with van der Waals surface area (Å²) in [6.07, 6.45) is 0. The number of aryl methyl sites for hydroxylation is 4. The summed E-state index contributed by atoms with van der Waals surface area (Å²) < 4.78 is 11.8. The second-order valence-corrected chi connectivity index (χ2v) is 7.99. The predicted molar refractivity (Wildman–Crippen MR) is 123 cm³/mol. The summed E-state index contributed by atoms with van der Waals surface area (Å²) in [5.41, 5.74) is 3.65. The molecule has 9 heteroatoms. The maximum absolute atomic E-state index is 13.6. The topological polar surface area (TPSA) is 88.9 Å². The van der Waals surface area contributed by atoms with Crippen LogP contribution in [-0.4, -0.2) is 41.7 Å². The van der Waals surface area contributed by atoms with E-state index in [0.29, 0.717) is 36.9 Å². The van der Waals surface area contributed by atoms with E-state index in [1.807, 2.05) is 58.0 Å². The van der Waals surface area contributed by atoms with Crippen LogP contribution < -0.4 is 11.2 Å². The van der Waals surface area contributed by atoms with Crippen LogP contribution in [0.5, 0.6) is 0 Å². The van der Waals surface area contributed by atoms with E-state index in [1.165, 1.54) is 9.13 Å². The highest BCUT2D eigenvalue weighted by molar-refractivity contribution is 5.72. The van der Waals surface area contributed by atoms with Gasteiger partial charge in [0.1, 0.15) is 0 Å². The molecule has 0 aliphatic carbocycles. The van der Waals surface area contributed by atoms with Crippen LogP contribution >= 0.6 is 0 Å². The summed E-state index contributed by atoms with van der Waals surface area (Å²) in [6.45, 7) is 9.34. The molecule has 1 aromatic carbocycles. The fraction of sp³-hybridized carbons (Fsp3) is 0.391. The van der Waals surface area contributed by atoms with Gasteiger partial charge in [0.2, 0.25) is 5.95 Å². The van der Waals surface area contributed by atoms with Crippen LogP contribution in [0.2, 0.25) is 0 Å². The van der Waals surface area contributed by atoms with Crippen molar-refractivity contribution in [3.63, 3.8) is 0 Å². The first-order chi connectivity index (χ1) is 15.3. The molecule has 0 aliphatic rings. The molecule has 0 N–H and O–H groups in total. The van der Waals surface area contributed by atoms with Gasteiger partial charge >= 0.3 is 5.69 Å². The smallest absolute Gasteiger partial charge is 0.332 e. The minimum atomic E-state index is -0.405. The zero-order valence-corrected chi connectivity index (χ0v) is 19.1. The third-order valence-electron chi connectivity index (χ3n) is 5.54. The van der Waals surface area contributed by atoms with Gasteiger partial charge < -0.3 is 9.30 Å². The van der Waals surface area contributed by atoms with E-state index in [4.69, 9.17) is 4.74 Å². The number of hydrogen-bond acceptors (Lipinski definition) is 5. The monoisotopic (exact) mass is 436 g/mol. The van der Waals surface area contributed by atoms with Gasteiger partial charge in [-0.25, -0.2) is 9.48 Å². The van der Waals surface area contributed by atoms with E-state index in [2.05, 4.69) is 10.1 Å². The van der Waals surface area contributed by atoms with Gasteiger partial charge in [-0.3, -0.25) is 13.9 Å². The largest absolute Gasteiger partial charge is 0.380 e. The van der Waals surface area contributed by atoms with Gasteiger partial charge in [-0.2, -0.15) is 10.1 Å². The van der Waals surface area contributed by atoms with Gasteiger partial charge in [0.15, 0.2) is 11.2 Å². The zero-order valence-electron chi connectivity index (χ0n) is 19.1. The Morgan fingerprint density at radius 2 is 1.75 bits per heavy atom. The summed E-state index contributed by atoms with van der Waals surface area (Å²) in [6, 6.07) is 9.74. The Labute approximate surface area is 185 Å². The lowest BCUT2D eigenvalue weighted by Gasteiger charge is -2.12. The van der Waals surface area contributed by atoms with Crippen molar-refractivity contribution in [3.8, 4) is 5.95 Å². The van der Waals surface area contributed by atoms with Crippen LogP contribution in [0.4, 0.5) is 0 Å². The van der Waals surface area contributed by atoms with Crippen LogP contribution in [0.1, 0.15) is 29.4 Å². The molecule has 3 heterocycles. The molecule has 0 amide bonds. The molecule has 0 spiro atoms. The van der Waals surface area contributed by atoms with Crippen LogP contribution in [-0.2, 0) is 24.9 Å². The summed E-state index contributed by atoms with van der Waals surface area (Å²) >= 11 is 0. The third kappa shape index (κ3) is 3.80. The highest BCUT2D eigenvalue weighted by atomic mass is 16.5. The molecule has 3 aromatic heterocycles. The van der Waals surface area contributed by atoms with Crippen LogP contribution in [0.3, 0.4) is 0 Å². The second kappa shape index (κ2) is 8.58. The quantitative estimate of drug-likeness (QED) is 0.414. The van der Waals surface area contributed by atoms with Gasteiger partial charge in [-0.15, -0.1) is 0 Å². The van der Waals surface area contributed by atoms with Gasteiger partial charge in [0, 0.05) is 25.9 Å². The van der Waals surface area contributed by atoms with E-state index in [9.17, 15) is 9.59 Å². The van der Waals surface area contributed by atoms with Crippen LogP contribution in [0.15, 0.2) is 39.9 Å². The van der Waals surface area contributed by atoms with Gasteiger partial charge in [0.05, 0.1) is 18.8 Å². The first-order valence-corrected chi connectivity index (χ1v) is 10.7. The molecule has 0 radical (unpaired) electrons. The van der Waals surface area contributed by atoms with E-state index in [1.54, 1.807) is 16.3 Å². The van der Waals surface area contributed by atoms with Crippen molar-refractivity contribution in [2.24, 2.45) is 7.05 Å². The van der Waals surface area contributed by atoms with Crippen molar-refractivity contribution >= 4 is 11.2 Å². The number of imidazole rings is 1. The van der Waals surface area contributed by atoms with E-state index in [-0.39, 0.29) is 12.1 Å². The molecular formula is C23H28N6O3. The summed E-state index contributed by atoms with van der Waals surface area (Å²) in [5, 5.41) is 4.54. The van der Waals surface area contributed by atoms with Crippen molar-refractivity contribution in [2.45, 2.75) is 40.8 Å². The lowest BCUT2D eigenvalue weighted by Crippen LogP contribution is -2.40. The van der Waals surface area contributed by atoms with Crippen molar-refractivity contribution in [2.75, 3.05) is 13.2 Å². The Morgan fingerprint density at radius 1 is 1.03 bits per heavy atom. The SMILES string of the molecule is CCOCCn1c(-n2nc(C)cc2C)nc2c1c(=O)n(Cc1ccc(C)cc1)c(=O)n2C. The van der Waals surface area contributed by atoms with Gasteiger partial charge in [-0.1, -0.05) is 29.8 Å². The average Bonchev–Trinajstić information content (AvgIpc) is 3.30. The fourth-order valence-electron chi connectivity index (χ4n) is 3.88. The number of benzene rings is 1. The first kappa shape index (κ1) is 21.8. The van der Waals surface area contributed by atoms with E-state index >= 15 is 0 Å². The lowest BCUT2D eigenvalue weighted by molar-refractivity contribution is 0.139. The van der Waals surface area contributed by atoms with Crippen molar-refractivity contribution in [3.05, 3.63) is 73.7 Å². The Kier molecular flexibility index (Phi) is 5.84. The molecule has 4 rings (SSSR count). The zero-order chi connectivity index (χ0) is 23.0. The summed E-state index contributed by atoms with van der Waals surface area (Å²) in [4.78, 5) is 31.3. The number of rotatable bonds is 7. The van der Waals surface area contributed by atoms with Crippen molar-refractivity contribution in [1.82, 2.24) is 28.5 Å². The van der Waals surface area contributed by atoms with Crippen LogP contribution in [0, 0.1) is 20.8 Å². The van der Waals surface area contributed by atoms with E-state index in [0.717, 1.165) is 22.5 Å². The Balaban J connectivity index is 1.96. The minimum Gasteiger partial charge on any atom is -0.380 e. The molecule has 32 heavy (non-hydrogen) atoms. The highest BCUT2D eigenvalue weighted by Gasteiger charge is 2.22. The van der Waals surface area contributed by atoms with Crippen LogP contribution in [0.25, 0.3) is 17.1 Å². The van der Waals surface area contributed by atoms with Gasteiger partial charge in [0.25, 0.3) is 5.56 Å². The molecule has 9 nitrogen and oxygen atoms in total. The molecule has 0 fully saturated rings. The summed E-state index contributed by atoms with van der Waals surface area (Å²) in [7, 11) is 1.64. The Morgan fingerprint density at radius 3 is 2.38 bits per heavy atom. The van der Waals surface area contributed by atoms with E-state index < -0.39 is 5.69 Å². The number of nitrogens with zero attached hydrogens (tertiary/aromatic N) is 6. The molecule has 0 saturated carbocycles. The third-order valence-corrected chi connectivity index (χ3v) is 5.54. The maximum atomic E-state index is 13.6. The minimum absolute atomic E-state index is 0.188. The number of aromatic nitrogens is 6. The molecule has 0 bridgehead atoms. The number of hydrogen-bond donors (Lipinski definition) is 0. The maximum Gasteiger partial charge on any atom is 0.332 e. The molecular weight excluding hydrogens is 408 g/mol. The lowest BCUT2D eigenvalue weighted by atomic mass is 10.1. The summed E-state index contributed by atoms with van der Waals surface area (Å²) in [5.74, 6) is 0.491. The average molecular weight is 437 g/mol. The molecule has 0 aliphatic heterocycles. The van der Waals surface area contributed by atoms with Gasteiger partial charge in [-0.05, 0) is 39.3 Å². The molecule has 168 valence electrons. The first-order valence-electron chi connectivity index (χ1n) is 10.7. The molecule has 4 aromatic rings. The molecule has 0 saturated heterocycles. The normalized spacial score (nSPS) is 11.5. The highest BCUT2D eigenvalue weighted by Crippen LogP contribution is 2.17. The Hall–Kier alpha value is -3.46.